The molecule has 1 aromatic rings. The van der Waals surface area contributed by atoms with Crippen molar-refractivity contribution in [2.45, 2.75) is 18.4 Å². The molecule has 2 aliphatic rings. The number of carbonyl (C=O) groups excluding carboxylic acids is 1. The first-order valence-electron chi connectivity index (χ1n) is 6.66. The zero-order chi connectivity index (χ0) is 13.5. The van der Waals surface area contributed by atoms with E-state index in [0.717, 1.165) is 42.6 Å². The lowest BCUT2D eigenvalue weighted by molar-refractivity contribution is -0.125. The van der Waals surface area contributed by atoms with Crippen LogP contribution >= 0.6 is 15.9 Å². The van der Waals surface area contributed by atoms with Crippen LogP contribution in [0, 0.1) is 5.92 Å². The lowest BCUT2D eigenvalue weighted by atomic mass is 9.78. The third kappa shape index (κ3) is 2.25. The molecule has 102 valence electrons. The zero-order valence-corrected chi connectivity index (χ0v) is 12.3. The third-order valence-electron chi connectivity index (χ3n) is 4.42. The summed E-state index contributed by atoms with van der Waals surface area (Å²) in [6, 6.07) is 7.91. The second-order valence-corrected chi connectivity index (χ2v) is 6.42. The van der Waals surface area contributed by atoms with Crippen LogP contribution in [0.2, 0.25) is 0 Å². The normalized spacial score (nSPS) is 33.1. The van der Waals surface area contributed by atoms with Crippen molar-refractivity contribution in [1.29, 1.82) is 0 Å². The fourth-order valence-corrected chi connectivity index (χ4v) is 3.75. The minimum absolute atomic E-state index is 0.223. The van der Waals surface area contributed by atoms with Crippen LogP contribution in [0.3, 0.4) is 0 Å². The lowest BCUT2D eigenvalue weighted by Crippen LogP contribution is -2.60. The maximum absolute atomic E-state index is 12.1. The SMILES string of the molecule is NC(=O)C1(Nc2cccc(Br)c2)CCN2CCC1C2. The van der Waals surface area contributed by atoms with Gasteiger partial charge in [0.25, 0.3) is 0 Å². The Hall–Kier alpha value is -1.07. The summed E-state index contributed by atoms with van der Waals surface area (Å²) in [6.07, 6.45) is 1.84. The molecule has 0 radical (unpaired) electrons. The number of hydrogen-bond acceptors (Lipinski definition) is 3. The van der Waals surface area contributed by atoms with Crippen LogP contribution in [0.1, 0.15) is 12.8 Å². The number of fused-ring (bicyclic) bond motifs is 2. The fraction of sp³-hybridized carbons (Fsp3) is 0.500. The molecule has 4 nitrogen and oxygen atoms in total. The number of hydrogen-bond donors (Lipinski definition) is 2. The van der Waals surface area contributed by atoms with Crippen molar-refractivity contribution in [3.05, 3.63) is 28.7 Å². The Morgan fingerprint density at radius 2 is 2.32 bits per heavy atom. The van der Waals surface area contributed by atoms with E-state index in [2.05, 4.69) is 26.1 Å². The average molecular weight is 324 g/mol. The Bertz CT molecular complexity index is 507. The van der Waals surface area contributed by atoms with Gasteiger partial charge in [0.15, 0.2) is 0 Å². The molecule has 19 heavy (non-hydrogen) atoms. The molecule has 0 aliphatic carbocycles. The largest absolute Gasteiger partial charge is 0.371 e. The molecule has 1 aromatic carbocycles. The number of carbonyl (C=O) groups is 1. The molecule has 2 fully saturated rings. The van der Waals surface area contributed by atoms with Crippen LogP contribution < -0.4 is 11.1 Å². The van der Waals surface area contributed by atoms with E-state index in [9.17, 15) is 4.79 Å². The maximum Gasteiger partial charge on any atom is 0.243 e. The summed E-state index contributed by atoms with van der Waals surface area (Å²) in [5.41, 5.74) is 6.10. The number of amides is 1. The number of benzene rings is 1. The van der Waals surface area contributed by atoms with Crippen LogP contribution in [-0.2, 0) is 4.79 Å². The van der Waals surface area contributed by atoms with Crippen molar-refractivity contribution in [3.63, 3.8) is 0 Å². The van der Waals surface area contributed by atoms with E-state index in [1.807, 2.05) is 24.3 Å². The first kappa shape index (κ1) is 12.9. The van der Waals surface area contributed by atoms with Gasteiger partial charge in [-0.15, -0.1) is 0 Å². The average Bonchev–Trinajstić information content (AvgIpc) is 2.77. The molecule has 0 aromatic heterocycles. The summed E-state index contributed by atoms with van der Waals surface area (Å²) in [5, 5.41) is 3.43. The summed E-state index contributed by atoms with van der Waals surface area (Å²) in [4.78, 5) is 14.5. The van der Waals surface area contributed by atoms with Crippen LogP contribution in [0.25, 0.3) is 0 Å². The Labute approximate surface area is 121 Å². The standard InChI is InChI=1S/C14H18BrN3O/c15-11-2-1-3-12(8-11)17-14(13(16)19)5-7-18-6-4-10(14)9-18/h1-3,8,10,17H,4-7,9H2,(H2,16,19). The van der Waals surface area contributed by atoms with Crippen molar-refractivity contribution in [2.24, 2.45) is 11.7 Å². The van der Waals surface area contributed by atoms with Gasteiger partial charge in [-0.2, -0.15) is 0 Å². The molecule has 2 heterocycles. The summed E-state index contributed by atoms with van der Waals surface area (Å²) in [5.74, 6) is 0.0942. The van der Waals surface area contributed by atoms with Crippen LogP contribution in [-0.4, -0.2) is 36.0 Å². The minimum atomic E-state index is -0.589. The fourth-order valence-electron chi connectivity index (χ4n) is 3.35. The molecule has 5 heteroatoms. The molecule has 3 atom stereocenters. The van der Waals surface area contributed by atoms with Gasteiger partial charge < -0.3 is 16.0 Å². The number of piperidine rings is 1. The van der Waals surface area contributed by atoms with E-state index in [0.29, 0.717) is 5.92 Å². The van der Waals surface area contributed by atoms with Crippen molar-refractivity contribution in [3.8, 4) is 0 Å². The van der Waals surface area contributed by atoms with Crippen molar-refractivity contribution in [1.82, 2.24) is 4.90 Å². The van der Waals surface area contributed by atoms with E-state index in [-0.39, 0.29) is 5.91 Å². The second kappa shape index (κ2) is 4.80. The molecular formula is C14H18BrN3O. The molecule has 0 spiro atoms. The Morgan fingerprint density at radius 3 is 3.05 bits per heavy atom. The number of nitrogens with two attached hydrogens (primary N) is 1. The van der Waals surface area contributed by atoms with Gasteiger partial charge in [0.05, 0.1) is 0 Å². The Morgan fingerprint density at radius 1 is 1.47 bits per heavy atom. The Kier molecular flexibility index (Phi) is 3.27. The molecule has 3 unspecified atom stereocenters. The van der Waals surface area contributed by atoms with Gasteiger partial charge in [-0.3, -0.25) is 4.79 Å². The second-order valence-electron chi connectivity index (χ2n) is 5.51. The molecule has 0 saturated carbocycles. The summed E-state index contributed by atoms with van der Waals surface area (Å²) in [6.45, 7) is 3.00. The van der Waals surface area contributed by atoms with E-state index in [1.54, 1.807) is 0 Å². The van der Waals surface area contributed by atoms with E-state index in [4.69, 9.17) is 5.73 Å². The van der Waals surface area contributed by atoms with Gasteiger partial charge >= 0.3 is 0 Å². The van der Waals surface area contributed by atoms with Gasteiger partial charge in [-0.1, -0.05) is 22.0 Å². The van der Waals surface area contributed by atoms with Gasteiger partial charge in [0.1, 0.15) is 5.54 Å². The van der Waals surface area contributed by atoms with Crippen LogP contribution in [0.4, 0.5) is 5.69 Å². The zero-order valence-electron chi connectivity index (χ0n) is 10.7. The highest BCUT2D eigenvalue weighted by molar-refractivity contribution is 9.10. The van der Waals surface area contributed by atoms with Gasteiger partial charge in [-0.05, 0) is 37.6 Å². The van der Waals surface area contributed by atoms with Crippen LogP contribution in [0.15, 0.2) is 28.7 Å². The van der Waals surface area contributed by atoms with Gasteiger partial charge in [0, 0.05) is 29.2 Å². The van der Waals surface area contributed by atoms with Crippen molar-refractivity contribution >= 4 is 27.5 Å². The topological polar surface area (TPSA) is 58.4 Å². The number of nitrogens with zero attached hydrogens (tertiary/aromatic N) is 1. The predicted molar refractivity (Wildman–Crippen MR) is 78.9 cm³/mol. The summed E-state index contributed by atoms with van der Waals surface area (Å²) < 4.78 is 1.00. The molecule has 1 amide bonds. The quantitative estimate of drug-likeness (QED) is 0.892. The first-order chi connectivity index (χ1) is 9.10. The summed E-state index contributed by atoms with van der Waals surface area (Å²) >= 11 is 3.46. The number of nitrogens with one attached hydrogen (secondary N) is 1. The van der Waals surface area contributed by atoms with Crippen LogP contribution in [0.5, 0.6) is 0 Å². The monoisotopic (exact) mass is 323 g/mol. The van der Waals surface area contributed by atoms with Crippen molar-refractivity contribution < 1.29 is 4.79 Å². The molecular weight excluding hydrogens is 306 g/mol. The molecule has 3 N–H and O–H groups in total. The molecule has 2 saturated heterocycles. The van der Waals surface area contributed by atoms with Gasteiger partial charge in [0.2, 0.25) is 5.91 Å². The van der Waals surface area contributed by atoms with E-state index in [1.165, 1.54) is 0 Å². The highest BCUT2D eigenvalue weighted by Gasteiger charge is 2.50. The van der Waals surface area contributed by atoms with Gasteiger partial charge in [-0.25, -0.2) is 0 Å². The number of halogens is 1. The smallest absolute Gasteiger partial charge is 0.243 e. The minimum Gasteiger partial charge on any atom is -0.371 e. The highest BCUT2D eigenvalue weighted by atomic mass is 79.9. The van der Waals surface area contributed by atoms with Crippen molar-refractivity contribution in [2.75, 3.05) is 25.0 Å². The summed E-state index contributed by atoms with van der Waals surface area (Å²) in [7, 11) is 0. The predicted octanol–water partition coefficient (Wildman–Crippen LogP) is 1.81. The number of primary amides is 1. The molecule has 3 rings (SSSR count). The molecule has 2 bridgehead atoms. The first-order valence-corrected chi connectivity index (χ1v) is 7.45. The lowest BCUT2D eigenvalue weighted by Gasteiger charge is -2.41. The van der Waals surface area contributed by atoms with E-state index >= 15 is 0 Å². The third-order valence-corrected chi connectivity index (χ3v) is 4.92. The highest BCUT2D eigenvalue weighted by Crippen LogP contribution is 2.38. The number of anilines is 1. The maximum atomic E-state index is 12.1. The Balaban J connectivity index is 1.91. The number of rotatable bonds is 3. The molecule has 2 aliphatic heterocycles. The van der Waals surface area contributed by atoms with E-state index < -0.39 is 5.54 Å².